The van der Waals surface area contributed by atoms with Gasteiger partial charge in [0.1, 0.15) is 5.02 Å². The van der Waals surface area contributed by atoms with E-state index in [-0.39, 0.29) is 19.9 Å². The molecule has 0 spiro atoms. The molecule has 2 aromatic carbocycles. The van der Waals surface area contributed by atoms with E-state index < -0.39 is 16.7 Å². The van der Waals surface area contributed by atoms with Gasteiger partial charge in [-0.2, -0.15) is 5.01 Å². The molecule has 0 radical (unpaired) electrons. The molecule has 1 saturated heterocycles. The average Bonchev–Trinajstić information content (AvgIpc) is 2.90. The first kappa shape index (κ1) is 20.0. The number of nitrogens with one attached hydrogen (secondary N) is 1. The highest BCUT2D eigenvalue weighted by Gasteiger charge is 2.34. The lowest BCUT2D eigenvalue weighted by atomic mass is 10.1. The molecule has 1 heterocycles. The molecule has 3 rings (SSSR count). The predicted molar refractivity (Wildman–Crippen MR) is 112 cm³/mol. The standard InChI is InChI=1S/C18H12ClN3O4S2/c1-10-3-2-4-12(7-10)16(23)20-21-17(24)15(28-18(21)27)9-11-5-6-13(19)14(8-11)22(25)26/h2-9H,1H3,(H,20,23)/b15-9-. The Morgan fingerprint density at radius 3 is 2.75 bits per heavy atom. The fourth-order valence-electron chi connectivity index (χ4n) is 2.43. The van der Waals surface area contributed by atoms with Gasteiger partial charge in [-0.25, -0.2) is 0 Å². The van der Waals surface area contributed by atoms with E-state index in [4.69, 9.17) is 23.8 Å². The Morgan fingerprint density at radius 2 is 2.07 bits per heavy atom. The molecule has 142 valence electrons. The van der Waals surface area contributed by atoms with E-state index in [0.717, 1.165) is 22.3 Å². The molecule has 7 nitrogen and oxygen atoms in total. The second-order valence-electron chi connectivity index (χ2n) is 5.80. The van der Waals surface area contributed by atoms with Crippen LogP contribution in [0.1, 0.15) is 21.5 Å². The molecule has 1 aliphatic rings. The number of nitro groups is 1. The van der Waals surface area contributed by atoms with Crippen molar-refractivity contribution in [2.24, 2.45) is 0 Å². The number of hydrogen-bond donors (Lipinski definition) is 1. The summed E-state index contributed by atoms with van der Waals surface area (Å²) in [5.41, 5.74) is 3.94. The first-order valence-electron chi connectivity index (χ1n) is 7.86. The van der Waals surface area contributed by atoms with Crippen LogP contribution in [0.25, 0.3) is 6.08 Å². The zero-order valence-electron chi connectivity index (χ0n) is 14.3. The van der Waals surface area contributed by atoms with E-state index in [1.807, 2.05) is 13.0 Å². The monoisotopic (exact) mass is 433 g/mol. The van der Waals surface area contributed by atoms with E-state index >= 15 is 0 Å². The first-order valence-corrected chi connectivity index (χ1v) is 9.46. The van der Waals surface area contributed by atoms with Crippen LogP contribution in [-0.2, 0) is 4.79 Å². The minimum atomic E-state index is -0.604. The Bertz CT molecular complexity index is 1050. The molecule has 2 amide bonds. The second-order valence-corrected chi connectivity index (χ2v) is 7.88. The third-order valence-corrected chi connectivity index (χ3v) is 5.37. The van der Waals surface area contributed by atoms with Crippen LogP contribution in [0, 0.1) is 17.0 Å². The third kappa shape index (κ3) is 4.22. The number of hydrazine groups is 1. The number of thioether (sulfide) groups is 1. The average molecular weight is 434 g/mol. The van der Waals surface area contributed by atoms with Gasteiger partial charge in [0.2, 0.25) is 0 Å². The summed E-state index contributed by atoms with van der Waals surface area (Å²) in [6, 6.07) is 11.1. The normalized spacial score (nSPS) is 15.2. The zero-order valence-corrected chi connectivity index (χ0v) is 16.7. The fraction of sp³-hybridized carbons (Fsp3) is 0.0556. The largest absolute Gasteiger partial charge is 0.288 e. The highest BCUT2D eigenvalue weighted by atomic mass is 35.5. The van der Waals surface area contributed by atoms with Gasteiger partial charge in [-0.1, -0.05) is 47.1 Å². The van der Waals surface area contributed by atoms with Crippen molar-refractivity contribution in [1.82, 2.24) is 10.4 Å². The van der Waals surface area contributed by atoms with Gasteiger partial charge in [0.15, 0.2) is 4.32 Å². The van der Waals surface area contributed by atoms with Gasteiger partial charge < -0.3 is 0 Å². The Balaban J connectivity index is 1.82. The van der Waals surface area contributed by atoms with Gasteiger partial charge in [-0.05, 0) is 49.0 Å². The van der Waals surface area contributed by atoms with Crippen molar-refractivity contribution < 1.29 is 14.5 Å². The van der Waals surface area contributed by atoms with Gasteiger partial charge >= 0.3 is 0 Å². The van der Waals surface area contributed by atoms with Gasteiger partial charge in [0.05, 0.1) is 9.83 Å². The summed E-state index contributed by atoms with van der Waals surface area (Å²) >= 11 is 12.0. The summed E-state index contributed by atoms with van der Waals surface area (Å²) in [7, 11) is 0. The Labute approximate surface area is 174 Å². The SMILES string of the molecule is Cc1cccc(C(=O)NN2C(=O)/C(=C/c3ccc(Cl)c([N+](=O)[O-])c3)SC2=S)c1. The summed E-state index contributed by atoms with van der Waals surface area (Å²) < 4.78 is 0.153. The maximum Gasteiger partial charge on any atom is 0.288 e. The van der Waals surface area contributed by atoms with Crippen molar-refractivity contribution in [2.75, 3.05) is 0 Å². The molecule has 0 atom stereocenters. The molecule has 0 unspecified atom stereocenters. The molecule has 28 heavy (non-hydrogen) atoms. The molecular weight excluding hydrogens is 422 g/mol. The number of halogens is 1. The number of thiocarbonyl (C=S) groups is 1. The van der Waals surface area contributed by atoms with Gasteiger partial charge in [0.25, 0.3) is 17.5 Å². The highest BCUT2D eigenvalue weighted by Crippen LogP contribution is 2.33. The van der Waals surface area contributed by atoms with Crippen molar-refractivity contribution in [2.45, 2.75) is 6.92 Å². The summed E-state index contributed by atoms with van der Waals surface area (Å²) in [5.74, 6) is -0.989. The van der Waals surface area contributed by atoms with Crippen molar-refractivity contribution >= 4 is 63.5 Å². The number of carbonyl (C=O) groups excluding carboxylic acids is 2. The number of benzene rings is 2. The van der Waals surface area contributed by atoms with E-state index in [0.29, 0.717) is 11.1 Å². The topological polar surface area (TPSA) is 92.6 Å². The number of hydrogen-bond acceptors (Lipinski definition) is 6. The van der Waals surface area contributed by atoms with Crippen molar-refractivity contribution in [3.8, 4) is 0 Å². The summed E-state index contributed by atoms with van der Waals surface area (Å²) in [6.07, 6.45) is 1.46. The molecule has 0 saturated carbocycles. The van der Waals surface area contributed by atoms with Crippen LogP contribution in [-0.4, -0.2) is 26.1 Å². The number of rotatable bonds is 4. The first-order chi connectivity index (χ1) is 13.3. The van der Waals surface area contributed by atoms with E-state index in [9.17, 15) is 19.7 Å². The van der Waals surface area contributed by atoms with E-state index in [2.05, 4.69) is 5.43 Å². The Morgan fingerprint density at radius 1 is 1.32 bits per heavy atom. The lowest BCUT2D eigenvalue weighted by Gasteiger charge is -2.15. The highest BCUT2D eigenvalue weighted by molar-refractivity contribution is 8.26. The summed E-state index contributed by atoms with van der Waals surface area (Å²) in [6.45, 7) is 1.85. The number of carbonyl (C=O) groups is 2. The van der Waals surface area contributed by atoms with Crippen LogP contribution in [0.15, 0.2) is 47.4 Å². The van der Waals surface area contributed by atoms with E-state index in [1.54, 1.807) is 24.3 Å². The van der Waals surface area contributed by atoms with Crippen LogP contribution in [0.5, 0.6) is 0 Å². The molecule has 0 aromatic heterocycles. The maximum absolute atomic E-state index is 12.6. The van der Waals surface area contributed by atoms with Crippen LogP contribution in [0.2, 0.25) is 5.02 Å². The Hall–Kier alpha value is -2.75. The minimum Gasteiger partial charge on any atom is -0.267 e. The van der Waals surface area contributed by atoms with E-state index in [1.165, 1.54) is 18.2 Å². The van der Waals surface area contributed by atoms with Gasteiger partial charge in [-0.15, -0.1) is 0 Å². The fourth-order valence-corrected chi connectivity index (χ4v) is 3.79. The zero-order chi connectivity index (χ0) is 20.4. The molecule has 1 fully saturated rings. The molecule has 10 heteroatoms. The number of aryl methyl sites for hydroxylation is 1. The van der Waals surface area contributed by atoms with Crippen LogP contribution in [0.3, 0.4) is 0 Å². The lowest BCUT2D eigenvalue weighted by molar-refractivity contribution is -0.384. The van der Waals surface area contributed by atoms with Crippen molar-refractivity contribution in [3.63, 3.8) is 0 Å². The number of nitrogens with zero attached hydrogens (tertiary/aromatic N) is 2. The minimum absolute atomic E-state index is 0.000108. The summed E-state index contributed by atoms with van der Waals surface area (Å²) in [5, 5.41) is 12.0. The molecule has 0 aliphatic carbocycles. The van der Waals surface area contributed by atoms with Crippen LogP contribution < -0.4 is 5.43 Å². The smallest absolute Gasteiger partial charge is 0.267 e. The number of amides is 2. The van der Waals surface area contributed by atoms with Crippen molar-refractivity contribution in [1.29, 1.82) is 0 Å². The maximum atomic E-state index is 12.6. The summed E-state index contributed by atoms with van der Waals surface area (Å²) in [4.78, 5) is 35.6. The number of nitro benzene ring substituents is 1. The lowest BCUT2D eigenvalue weighted by Crippen LogP contribution is -2.44. The molecular formula is C18H12ClN3O4S2. The Kier molecular flexibility index (Phi) is 5.78. The molecule has 1 N–H and O–H groups in total. The van der Waals surface area contributed by atoms with Crippen LogP contribution in [0.4, 0.5) is 5.69 Å². The third-order valence-electron chi connectivity index (χ3n) is 3.75. The quantitative estimate of drug-likeness (QED) is 0.337. The predicted octanol–water partition coefficient (Wildman–Crippen LogP) is 4.10. The van der Waals surface area contributed by atoms with Crippen molar-refractivity contribution in [3.05, 3.63) is 79.2 Å². The van der Waals surface area contributed by atoms with Gasteiger partial charge in [-0.3, -0.25) is 25.1 Å². The molecule has 1 aliphatic heterocycles. The van der Waals surface area contributed by atoms with Crippen LogP contribution >= 0.6 is 35.6 Å². The van der Waals surface area contributed by atoms with Gasteiger partial charge in [0, 0.05) is 11.6 Å². The second kappa shape index (κ2) is 8.09. The molecule has 0 bridgehead atoms. The molecule has 2 aromatic rings.